The summed E-state index contributed by atoms with van der Waals surface area (Å²) in [6, 6.07) is 10.3. The second-order valence-corrected chi connectivity index (χ2v) is 5.17. The molecule has 0 unspecified atom stereocenters. The Balaban J connectivity index is 2.00. The molecule has 2 aromatic carbocycles. The number of hydrogen-bond acceptors (Lipinski definition) is 6. The van der Waals surface area contributed by atoms with Gasteiger partial charge in [-0.3, -0.25) is 30.6 Å². The molecule has 0 saturated heterocycles. The summed E-state index contributed by atoms with van der Waals surface area (Å²) in [6.07, 6.45) is 2.70. The molecule has 2 rings (SSSR count). The number of nitrogens with one attached hydrogen (secondary N) is 2. The quantitative estimate of drug-likeness (QED) is 0.456. The van der Waals surface area contributed by atoms with Gasteiger partial charge in [-0.15, -0.1) is 0 Å². The third-order valence-corrected chi connectivity index (χ3v) is 3.47. The molecule has 0 aromatic heterocycles. The van der Waals surface area contributed by atoms with Crippen molar-refractivity contribution in [1.82, 2.24) is 10.9 Å². The molecule has 2 N–H and O–H groups in total. The number of ether oxygens (including phenoxy) is 2. The number of carbonyl (C=O) groups excluding carboxylic acids is 2. The lowest BCUT2D eigenvalue weighted by atomic mass is 10.1. The summed E-state index contributed by atoms with van der Waals surface area (Å²) in [7, 11) is 2.98. The van der Waals surface area contributed by atoms with Crippen molar-refractivity contribution in [2.75, 3.05) is 14.2 Å². The minimum absolute atomic E-state index is 0.0444. The molecule has 0 atom stereocenters. The normalized spacial score (nSPS) is 10.3. The van der Waals surface area contributed by atoms with Crippen LogP contribution >= 0.6 is 0 Å². The number of nitrogens with zero attached hydrogens (tertiary/aromatic N) is 1. The van der Waals surface area contributed by atoms with Crippen LogP contribution in [-0.2, 0) is 4.79 Å². The average Bonchev–Trinajstić information content (AvgIpc) is 2.69. The second-order valence-electron chi connectivity index (χ2n) is 5.17. The van der Waals surface area contributed by atoms with Crippen molar-refractivity contribution in [2.24, 2.45) is 0 Å². The molecular formula is C18H17N3O6. The Morgan fingerprint density at radius 3 is 2.48 bits per heavy atom. The summed E-state index contributed by atoms with van der Waals surface area (Å²) in [6.45, 7) is 0. The first-order valence-corrected chi connectivity index (χ1v) is 7.70. The summed E-state index contributed by atoms with van der Waals surface area (Å²) in [4.78, 5) is 34.0. The van der Waals surface area contributed by atoms with E-state index in [0.717, 1.165) is 6.07 Å². The maximum atomic E-state index is 12.0. The molecule has 0 aliphatic rings. The van der Waals surface area contributed by atoms with Gasteiger partial charge in [-0.1, -0.05) is 18.2 Å². The van der Waals surface area contributed by atoms with E-state index in [0.29, 0.717) is 17.1 Å². The predicted octanol–water partition coefficient (Wildman–Crippen LogP) is 2.09. The Morgan fingerprint density at radius 1 is 1.07 bits per heavy atom. The largest absolute Gasteiger partial charge is 0.493 e. The van der Waals surface area contributed by atoms with Crippen LogP contribution in [0.4, 0.5) is 5.69 Å². The first kappa shape index (κ1) is 19.4. The molecule has 9 nitrogen and oxygen atoms in total. The molecule has 27 heavy (non-hydrogen) atoms. The fourth-order valence-electron chi connectivity index (χ4n) is 2.20. The highest BCUT2D eigenvalue weighted by molar-refractivity contribution is 5.98. The minimum atomic E-state index is -0.681. The lowest BCUT2D eigenvalue weighted by Gasteiger charge is -2.10. The molecule has 0 aliphatic heterocycles. The molecule has 0 aliphatic carbocycles. The van der Waals surface area contributed by atoms with Crippen molar-refractivity contribution < 1.29 is 24.0 Å². The van der Waals surface area contributed by atoms with E-state index in [2.05, 4.69) is 10.9 Å². The van der Waals surface area contributed by atoms with Gasteiger partial charge in [0.05, 0.1) is 19.1 Å². The molecule has 0 bridgehead atoms. The zero-order valence-electron chi connectivity index (χ0n) is 14.6. The van der Waals surface area contributed by atoms with E-state index in [1.165, 1.54) is 44.6 Å². The monoisotopic (exact) mass is 371 g/mol. The van der Waals surface area contributed by atoms with Crippen molar-refractivity contribution >= 4 is 23.6 Å². The lowest BCUT2D eigenvalue weighted by Crippen LogP contribution is -2.40. The molecule has 0 saturated carbocycles. The maximum Gasteiger partial charge on any atom is 0.270 e. The number of carbonyl (C=O) groups is 2. The first-order valence-electron chi connectivity index (χ1n) is 7.70. The number of amides is 2. The predicted molar refractivity (Wildman–Crippen MR) is 97.3 cm³/mol. The Morgan fingerprint density at radius 2 is 1.81 bits per heavy atom. The zero-order chi connectivity index (χ0) is 19.8. The number of nitro groups is 1. The fourth-order valence-corrected chi connectivity index (χ4v) is 2.20. The average molecular weight is 371 g/mol. The highest BCUT2D eigenvalue weighted by Gasteiger charge is 2.12. The number of hydrogen-bond donors (Lipinski definition) is 2. The number of nitro benzene ring substituents is 1. The van der Waals surface area contributed by atoms with Crippen LogP contribution < -0.4 is 20.3 Å². The van der Waals surface area contributed by atoms with Crippen molar-refractivity contribution in [3.05, 3.63) is 69.8 Å². The summed E-state index contributed by atoms with van der Waals surface area (Å²) < 4.78 is 10.4. The van der Waals surface area contributed by atoms with E-state index in [-0.39, 0.29) is 11.3 Å². The Hall–Kier alpha value is -3.88. The van der Waals surface area contributed by atoms with Crippen LogP contribution in [0, 0.1) is 10.1 Å². The SMILES string of the molecule is COc1cccc(/C=C/C(=O)NNC(=O)c2cccc([N+](=O)[O-])c2)c1OC. The Kier molecular flexibility index (Phi) is 6.48. The molecular weight excluding hydrogens is 354 g/mol. The molecule has 140 valence electrons. The van der Waals surface area contributed by atoms with Gasteiger partial charge in [-0.25, -0.2) is 0 Å². The van der Waals surface area contributed by atoms with Crippen LogP contribution in [0.25, 0.3) is 6.08 Å². The van der Waals surface area contributed by atoms with Crippen LogP contribution in [0.3, 0.4) is 0 Å². The number of benzene rings is 2. The highest BCUT2D eigenvalue weighted by Crippen LogP contribution is 2.31. The Labute approximate surface area is 154 Å². The van der Waals surface area contributed by atoms with E-state index in [9.17, 15) is 19.7 Å². The van der Waals surface area contributed by atoms with Crippen molar-refractivity contribution in [3.8, 4) is 11.5 Å². The summed E-state index contributed by atoms with van der Waals surface area (Å²) in [5.74, 6) is -0.304. The number of rotatable bonds is 6. The van der Waals surface area contributed by atoms with E-state index >= 15 is 0 Å². The van der Waals surface area contributed by atoms with Crippen molar-refractivity contribution in [1.29, 1.82) is 0 Å². The molecule has 2 aromatic rings. The van der Waals surface area contributed by atoms with Crippen LogP contribution in [0.1, 0.15) is 15.9 Å². The molecule has 0 fully saturated rings. The second kappa shape index (κ2) is 8.99. The van der Waals surface area contributed by atoms with Gasteiger partial charge in [0.1, 0.15) is 0 Å². The number of non-ortho nitro benzene ring substituents is 1. The van der Waals surface area contributed by atoms with E-state index in [1.54, 1.807) is 18.2 Å². The van der Waals surface area contributed by atoms with Gasteiger partial charge < -0.3 is 9.47 Å². The topological polar surface area (TPSA) is 120 Å². The molecule has 0 radical (unpaired) electrons. The van der Waals surface area contributed by atoms with Gasteiger partial charge in [-0.05, 0) is 18.2 Å². The van der Waals surface area contributed by atoms with Crippen LogP contribution in [0.2, 0.25) is 0 Å². The fraction of sp³-hybridized carbons (Fsp3) is 0.111. The zero-order valence-corrected chi connectivity index (χ0v) is 14.6. The lowest BCUT2D eigenvalue weighted by molar-refractivity contribution is -0.384. The van der Waals surface area contributed by atoms with Crippen LogP contribution in [0.5, 0.6) is 11.5 Å². The number of methoxy groups -OCH3 is 2. The Bertz CT molecular complexity index is 894. The number of para-hydroxylation sites is 1. The highest BCUT2D eigenvalue weighted by atomic mass is 16.6. The molecule has 2 amide bonds. The van der Waals surface area contributed by atoms with Gasteiger partial charge in [0.2, 0.25) is 0 Å². The van der Waals surface area contributed by atoms with Gasteiger partial charge in [0.15, 0.2) is 11.5 Å². The van der Waals surface area contributed by atoms with E-state index in [4.69, 9.17) is 9.47 Å². The summed E-state index contributed by atoms with van der Waals surface area (Å²) >= 11 is 0. The smallest absolute Gasteiger partial charge is 0.270 e. The standard InChI is InChI=1S/C18H17N3O6/c1-26-15-8-4-5-12(17(15)27-2)9-10-16(22)19-20-18(23)13-6-3-7-14(11-13)21(24)25/h3-11H,1-2H3,(H,19,22)(H,20,23)/b10-9+. The van der Waals surface area contributed by atoms with Gasteiger partial charge >= 0.3 is 0 Å². The molecule has 0 heterocycles. The first-order chi connectivity index (χ1) is 13.0. The van der Waals surface area contributed by atoms with Crippen LogP contribution in [0.15, 0.2) is 48.5 Å². The third kappa shape index (κ3) is 5.05. The van der Waals surface area contributed by atoms with Gasteiger partial charge in [-0.2, -0.15) is 0 Å². The molecule has 0 spiro atoms. The van der Waals surface area contributed by atoms with Crippen molar-refractivity contribution in [2.45, 2.75) is 0 Å². The van der Waals surface area contributed by atoms with Crippen LogP contribution in [-0.4, -0.2) is 31.0 Å². The molecule has 9 heteroatoms. The summed E-state index contributed by atoms with van der Waals surface area (Å²) in [5.41, 5.74) is 4.81. The third-order valence-electron chi connectivity index (χ3n) is 3.47. The van der Waals surface area contributed by atoms with E-state index < -0.39 is 16.7 Å². The van der Waals surface area contributed by atoms with Gasteiger partial charge in [0.25, 0.3) is 17.5 Å². The number of hydrazine groups is 1. The van der Waals surface area contributed by atoms with E-state index in [1.807, 2.05) is 0 Å². The van der Waals surface area contributed by atoms with Gasteiger partial charge in [0, 0.05) is 29.3 Å². The minimum Gasteiger partial charge on any atom is -0.493 e. The van der Waals surface area contributed by atoms with Crippen molar-refractivity contribution in [3.63, 3.8) is 0 Å². The summed E-state index contributed by atoms with van der Waals surface area (Å²) in [5, 5.41) is 10.7. The maximum absolute atomic E-state index is 12.0.